The quantitative estimate of drug-likeness (QED) is 0.792. The molecule has 0 radical (unpaired) electrons. The van der Waals surface area contributed by atoms with Gasteiger partial charge in [0.1, 0.15) is 6.04 Å². The Kier molecular flexibility index (Phi) is 6.52. The number of amides is 2. The summed E-state index contributed by atoms with van der Waals surface area (Å²) in [4.78, 5) is 26.9. The molecule has 0 aliphatic carbocycles. The molecule has 26 heavy (non-hydrogen) atoms. The zero-order chi connectivity index (χ0) is 19.3. The molecule has 7 heteroatoms. The second kappa shape index (κ2) is 8.62. The summed E-state index contributed by atoms with van der Waals surface area (Å²) in [6.07, 6.45) is 3.45. The van der Waals surface area contributed by atoms with Crippen LogP contribution in [0.3, 0.4) is 0 Å². The van der Waals surface area contributed by atoms with Crippen LogP contribution in [0, 0.1) is 13.8 Å². The van der Waals surface area contributed by atoms with E-state index in [0.717, 1.165) is 22.4 Å². The van der Waals surface area contributed by atoms with E-state index >= 15 is 0 Å². The minimum Gasteiger partial charge on any atom is -0.332 e. The Balaban J connectivity index is 2.10. The molecule has 0 aliphatic rings. The normalized spacial score (nSPS) is 11.9. The van der Waals surface area contributed by atoms with Crippen LogP contribution < -0.4 is 10.6 Å². The van der Waals surface area contributed by atoms with E-state index < -0.39 is 6.04 Å². The number of rotatable bonds is 7. The van der Waals surface area contributed by atoms with Crippen molar-refractivity contribution in [3.8, 4) is 0 Å². The molecule has 2 N–H and O–H groups in total. The SMILES string of the molecule is CCN(CC(=O)Nc1c(C)cccc1C)C(=O)C(NC)c1cnn(C)c1. The van der Waals surface area contributed by atoms with Crippen LogP contribution in [0.5, 0.6) is 0 Å². The highest BCUT2D eigenvalue weighted by Gasteiger charge is 2.26. The van der Waals surface area contributed by atoms with Crippen molar-refractivity contribution in [2.45, 2.75) is 26.8 Å². The Bertz CT molecular complexity index is 764. The van der Waals surface area contributed by atoms with E-state index in [-0.39, 0.29) is 18.4 Å². The van der Waals surface area contributed by atoms with Gasteiger partial charge in [-0.2, -0.15) is 5.10 Å². The fraction of sp³-hybridized carbons (Fsp3) is 0.421. The number of anilines is 1. The molecular weight excluding hydrogens is 330 g/mol. The molecule has 0 saturated heterocycles. The van der Waals surface area contributed by atoms with E-state index in [1.165, 1.54) is 4.90 Å². The van der Waals surface area contributed by atoms with Gasteiger partial charge >= 0.3 is 0 Å². The smallest absolute Gasteiger partial charge is 0.244 e. The van der Waals surface area contributed by atoms with Crippen molar-refractivity contribution in [1.82, 2.24) is 20.0 Å². The van der Waals surface area contributed by atoms with E-state index in [1.807, 2.05) is 39.0 Å². The van der Waals surface area contributed by atoms with Crippen LogP contribution in [0.15, 0.2) is 30.6 Å². The fourth-order valence-electron chi connectivity index (χ4n) is 2.91. The average Bonchev–Trinajstić information content (AvgIpc) is 3.02. The van der Waals surface area contributed by atoms with Crippen LogP contribution in [0.25, 0.3) is 0 Å². The monoisotopic (exact) mass is 357 g/mol. The van der Waals surface area contributed by atoms with Gasteiger partial charge in [-0.1, -0.05) is 18.2 Å². The lowest BCUT2D eigenvalue weighted by atomic mass is 10.1. The maximum atomic E-state index is 12.9. The Hall–Kier alpha value is -2.67. The lowest BCUT2D eigenvalue weighted by Crippen LogP contribution is -2.43. The molecule has 0 bridgehead atoms. The Morgan fingerprint density at radius 3 is 2.42 bits per heavy atom. The summed E-state index contributed by atoms with van der Waals surface area (Å²) < 4.78 is 1.65. The molecule has 7 nitrogen and oxygen atoms in total. The van der Waals surface area contributed by atoms with Gasteiger partial charge in [0, 0.05) is 31.0 Å². The third-order valence-corrected chi connectivity index (χ3v) is 4.37. The summed E-state index contributed by atoms with van der Waals surface area (Å²) in [5, 5.41) is 10.1. The van der Waals surface area contributed by atoms with Gasteiger partial charge in [0.2, 0.25) is 11.8 Å². The maximum absolute atomic E-state index is 12.9. The Labute approximate surface area is 154 Å². The first kappa shape index (κ1) is 19.7. The number of hydrogen-bond donors (Lipinski definition) is 2. The van der Waals surface area contributed by atoms with Gasteiger partial charge in [0.05, 0.1) is 12.7 Å². The van der Waals surface area contributed by atoms with Gasteiger partial charge in [0.15, 0.2) is 0 Å². The molecule has 1 unspecified atom stereocenters. The molecule has 0 saturated carbocycles. The number of carbonyl (C=O) groups is 2. The van der Waals surface area contributed by atoms with E-state index in [1.54, 1.807) is 31.2 Å². The average molecular weight is 357 g/mol. The first-order chi connectivity index (χ1) is 12.4. The molecule has 1 heterocycles. The van der Waals surface area contributed by atoms with Gasteiger partial charge < -0.3 is 15.5 Å². The number of nitrogens with zero attached hydrogens (tertiary/aromatic N) is 3. The van der Waals surface area contributed by atoms with Gasteiger partial charge in [0.25, 0.3) is 0 Å². The molecule has 0 aliphatic heterocycles. The van der Waals surface area contributed by atoms with Gasteiger partial charge in [-0.15, -0.1) is 0 Å². The third kappa shape index (κ3) is 4.49. The Morgan fingerprint density at radius 2 is 1.92 bits per heavy atom. The first-order valence-electron chi connectivity index (χ1n) is 8.68. The van der Waals surface area contributed by atoms with Crippen LogP contribution >= 0.6 is 0 Å². The van der Waals surface area contributed by atoms with E-state index in [2.05, 4.69) is 15.7 Å². The zero-order valence-electron chi connectivity index (χ0n) is 16.0. The highest BCUT2D eigenvalue weighted by molar-refractivity contribution is 5.96. The maximum Gasteiger partial charge on any atom is 0.244 e. The minimum atomic E-state index is -0.531. The van der Waals surface area contributed by atoms with Crippen LogP contribution in [-0.2, 0) is 16.6 Å². The molecule has 1 aromatic carbocycles. The van der Waals surface area contributed by atoms with Crippen molar-refractivity contribution in [1.29, 1.82) is 0 Å². The van der Waals surface area contributed by atoms with Gasteiger partial charge in [-0.05, 0) is 38.9 Å². The van der Waals surface area contributed by atoms with Gasteiger partial charge in [-0.3, -0.25) is 14.3 Å². The fourth-order valence-corrected chi connectivity index (χ4v) is 2.91. The number of aryl methyl sites for hydroxylation is 3. The number of para-hydroxylation sites is 1. The number of aromatic nitrogens is 2. The second-order valence-electron chi connectivity index (χ2n) is 6.34. The molecule has 1 atom stereocenters. The molecule has 0 spiro atoms. The van der Waals surface area contributed by atoms with E-state index in [0.29, 0.717) is 6.54 Å². The molecule has 140 valence electrons. The molecule has 0 fully saturated rings. The van der Waals surface area contributed by atoms with Crippen molar-refractivity contribution in [3.63, 3.8) is 0 Å². The van der Waals surface area contributed by atoms with Crippen molar-refractivity contribution in [2.24, 2.45) is 7.05 Å². The summed E-state index contributed by atoms with van der Waals surface area (Å²) in [5.74, 6) is -0.363. The second-order valence-corrected chi connectivity index (χ2v) is 6.34. The standard InChI is InChI=1S/C19H27N5O2/c1-6-24(19(26)18(20-4)15-10-21-23(5)11-15)12-16(25)22-17-13(2)8-7-9-14(17)3/h7-11,18,20H,6,12H2,1-5H3,(H,22,25). The summed E-state index contributed by atoms with van der Waals surface area (Å²) >= 11 is 0. The van der Waals surface area contributed by atoms with E-state index in [4.69, 9.17) is 0 Å². The summed E-state index contributed by atoms with van der Waals surface area (Å²) in [7, 11) is 3.52. The molecule has 2 rings (SSSR count). The highest BCUT2D eigenvalue weighted by atomic mass is 16.2. The highest BCUT2D eigenvalue weighted by Crippen LogP contribution is 2.20. The van der Waals surface area contributed by atoms with E-state index in [9.17, 15) is 9.59 Å². The topological polar surface area (TPSA) is 79.3 Å². The molecule has 1 aromatic heterocycles. The number of nitrogens with one attached hydrogen (secondary N) is 2. The summed E-state index contributed by atoms with van der Waals surface area (Å²) in [5.41, 5.74) is 3.57. The zero-order valence-corrected chi connectivity index (χ0v) is 16.0. The molecule has 2 amide bonds. The van der Waals surface area contributed by atoms with Crippen molar-refractivity contribution >= 4 is 17.5 Å². The predicted molar refractivity (Wildman–Crippen MR) is 102 cm³/mol. The van der Waals surface area contributed by atoms with Crippen LogP contribution in [0.1, 0.15) is 29.7 Å². The molecular formula is C19H27N5O2. The van der Waals surface area contributed by atoms with Crippen molar-refractivity contribution in [2.75, 3.05) is 25.5 Å². The van der Waals surface area contributed by atoms with Crippen molar-refractivity contribution in [3.05, 3.63) is 47.3 Å². The lowest BCUT2D eigenvalue weighted by Gasteiger charge is -2.25. The predicted octanol–water partition coefficient (Wildman–Crippen LogP) is 1.78. The lowest BCUT2D eigenvalue weighted by molar-refractivity contribution is -0.136. The van der Waals surface area contributed by atoms with Crippen LogP contribution in [0.4, 0.5) is 5.69 Å². The first-order valence-corrected chi connectivity index (χ1v) is 8.68. The summed E-state index contributed by atoms with van der Waals surface area (Å²) in [6, 6.07) is 5.32. The van der Waals surface area contributed by atoms with Crippen LogP contribution in [-0.4, -0.2) is 46.6 Å². The third-order valence-electron chi connectivity index (χ3n) is 4.37. The van der Waals surface area contributed by atoms with Crippen LogP contribution in [0.2, 0.25) is 0 Å². The van der Waals surface area contributed by atoms with Gasteiger partial charge in [-0.25, -0.2) is 0 Å². The number of carbonyl (C=O) groups excluding carboxylic acids is 2. The number of benzene rings is 1. The number of hydrogen-bond acceptors (Lipinski definition) is 4. The largest absolute Gasteiger partial charge is 0.332 e. The number of likely N-dealkylation sites (N-methyl/N-ethyl adjacent to an activating group) is 2. The Morgan fingerprint density at radius 1 is 1.27 bits per heavy atom. The minimum absolute atomic E-state index is 0.00154. The molecule has 2 aromatic rings. The van der Waals surface area contributed by atoms with Crippen molar-refractivity contribution < 1.29 is 9.59 Å². The summed E-state index contributed by atoms with van der Waals surface area (Å²) in [6.45, 7) is 6.20.